The Morgan fingerprint density at radius 2 is 1.94 bits per heavy atom. The molecule has 0 saturated carbocycles. The fourth-order valence-electron chi connectivity index (χ4n) is 3.36. The maximum Gasteiger partial charge on any atom is 0.416 e. The zero-order chi connectivity index (χ0) is 22.9. The summed E-state index contributed by atoms with van der Waals surface area (Å²) in [7, 11) is 0. The zero-order valence-electron chi connectivity index (χ0n) is 16.9. The van der Waals surface area contributed by atoms with Crippen molar-refractivity contribution < 1.29 is 27.6 Å². The van der Waals surface area contributed by atoms with Crippen LogP contribution in [0.3, 0.4) is 0 Å². The van der Waals surface area contributed by atoms with Gasteiger partial charge in [0.15, 0.2) is 6.04 Å². The number of anilines is 2. The summed E-state index contributed by atoms with van der Waals surface area (Å²) in [6.07, 6.45) is -4.12. The Hall–Kier alpha value is -3.71. The van der Waals surface area contributed by atoms with Crippen LogP contribution in [0, 0.1) is 0 Å². The van der Waals surface area contributed by atoms with Crippen LogP contribution in [0.15, 0.2) is 28.8 Å². The van der Waals surface area contributed by atoms with Gasteiger partial charge in [-0.25, -0.2) is 4.79 Å². The zero-order valence-corrected chi connectivity index (χ0v) is 16.9. The summed E-state index contributed by atoms with van der Waals surface area (Å²) >= 11 is 0. The van der Waals surface area contributed by atoms with Crippen molar-refractivity contribution >= 4 is 17.6 Å². The molecule has 1 aliphatic rings. The fraction of sp³-hybridized carbons (Fsp3) is 0.444. The predicted octanol–water partition coefficient (Wildman–Crippen LogP) is 2.10. The molecule has 1 aliphatic heterocycles. The van der Waals surface area contributed by atoms with Gasteiger partial charge >= 0.3 is 18.0 Å². The summed E-state index contributed by atoms with van der Waals surface area (Å²) in [4.78, 5) is 20.2. The first kappa shape index (κ1) is 21.5. The average Bonchev–Trinajstić information content (AvgIpc) is 3.44. The molecule has 1 atom stereocenters. The van der Waals surface area contributed by atoms with Gasteiger partial charge in [-0.3, -0.25) is 0 Å². The van der Waals surface area contributed by atoms with Gasteiger partial charge < -0.3 is 19.4 Å². The number of carboxylic acids is 1. The highest BCUT2D eigenvalue weighted by Crippen LogP contribution is 2.32. The lowest BCUT2D eigenvalue weighted by Gasteiger charge is -2.35. The maximum absolute atomic E-state index is 13.0. The van der Waals surface area contributed by atoms with E-state index in [4.69, 9.17) is 4.52 Å². The van der Waals surface area contributed by atoms with E-state index in [2.05, 4.69) is 25.6 Å². The Morgan fingerprint density at radius 1 is 1.22 bits per heavy atom. The topological polar surface area (TPSA) is 126 Å². The van der Waals surface area contributed by atoms with Gasteiger partial charge in [0.2, 0.25) is 0 Å². The fourth-order valence-corrected chi connectivity index (χ4v) is 3.36. The van der Waals surface area contributed by atoms with Crippen LogP contribution in [0.4, 0.5) is 24.8 Å². The lowest BCUT2D eigenvalue weighted by molar-refractivity contribution is -0.141. The minimum atomic E-state index is -4.39. The van der Waals surface area contributed by atoms with Gasteiger partial charge in [0.25, 0.3) is 11.8 Å². The third-order valence-corrected chi connectivity index (χ3v) is 5.09. The summed E-state index contributed by atoms with van der Waals surface area (Å²) in [5.41, 5.74) is -0.188. The number of halogens is 3. The molecule has 1 unspecified atom stereocenters. The quantitative estimate of drug-likeness (QED) is 0.594. The molecule has 14 heteroatoms. The monoisotopic (exact) mass is 452 g/mol. The summed E-state index contributed by atoms with van der Waals surface area (Å²) in [6, 6.07) is 4.26. The lowest BCUT2D eigenvalue weighted by Crippen LogP contribution is -2.47. The van der Waals surface area contributed by atoms with Crippen molar-refractivity contribution in [2.24, 2.45) is 0 Å². The predicted molar refractivity (Wildman–Crippen MR) is 104 cm³/mol. The van der Waals surface area contributed by atoms with E-state index in [1.165, 1.54) is 6.07 Å². The normalized spacial score (nSPS) is 15.8. The van der Waals surface area contributed by atoms with Gasteiger partial charge in [-0.15, -0.1) is 15.0 Å². The first-order chi connectivity index (χ1) is 15.3. The molecule has 3 heterocycles. The van der Waals surface area contributed by atoms with Crippen LogP contribution < -0.4 is 9.80 Å². The first-order valence-electron chi connectivity index (χ1n) is 9.80. The van der Waals surface area contributed by atoms with Crippen LogP contribution >= 0.6 is 0 Å². The number of aliphatic carboxylic acids is 1. The van der Waals surface area contributed by atoms with Crippen LogP contribution in [-0.4, -0.2) is 67.6 Å². The van der Waals surface area contributed by atoms with Gasteiger partial charge in [-0.1, -0.05) is 13.0 Å². The highest BCUT2D eigenvalue weighted by molar-refractivity contribution is 5.71. The number of rotatable bonds is 6. The highest BCUT2D eigenvalue weighted by Gasteiger charge is 2.31. The van der Waals surface area contributed by atoms with E-state index in [9.17, 15) is 23.1 Å². The van der Waals surface area contributed by atoms with Crippen molar-refractivity contribution in [3.63, 3.8) is 0 Å². The number of nitrogens with zero attached hydrogens (tertiary/aromatic N) is 8. The van der Waals surface area contributed by atoms with Crippen LogP contribution in [0.25, 0.3) is 11.7 Å². The Bertz CT molecular complexity index is 1090. The molecule has 1 N–H and O–H groups in total. The van der Waals surface area contributed by atoms with Gasteiger partial charge in [0.05, 0.1) is 5.56 Å². The molecule has 32 heavy (non-hydrogen) atoms. The number of hydrogen-bond acceptors (Lipinski definition) is 9. The number of tetrazole rings is 1. The van der Waals surface area contributed by atoms with E-state index >= 15 is 0 Å². The lowest BCUT2D eigenvalue weighted by atomic mass is 10.1. The number of carbonyl (C=O) groups is 1. The second-order valence-corrected chi connectivity index (χ2v) is 7.12. The molecular weight excluding hydrogens is 433 g/mol. The molecule has 170 valence electrons. The Morgan fingerprint density at radius 3 is 2.59 bits per heavy atom. The Labute approximate surface area is 179 Å². The van der Waals surface area contributed by atoms with Crippen LogP contribution in [-0.2, 0) is 11.0 Å². The van der Waals surface area contributed by atoms with Crippen molar-refractivity contribution in [2.75, 3.05) is 36.0 Å². The van der Waals surface area contributed by atoms with E-state index in [1.807, 2.05) is 9.80 Å². The van der Waals surface area contributed by atoms with Gasteiger partial charge in [-0.2, -0.15) is 18.2 Å². The second kappa shape index (κ2) is 8.43. The molecule has 11 nitrogen and oxygen atoms in total. The van der Waals surface area contributed by atoms with E-state index in [1.54, 1.807) is 13.0 Å². The van der Waals surface area contributed by atoms with Crippen molar-refractivity contribution in [1.82, 2.24) is 30.3 Å². The summed E-state index contributed by atoms with van der Waals surface area (Å²) in [5, 5.41) is 24.6. The largest absolute Gasteiger partial charge is 0.480 e. The molecule has 1 aromatic carbocycles. The van der Waals surface area contributed by atoms with E-state index in [0.717, 1.165) is 16.9 Å². The molecule has 4 rings (SSSR count). The molecule has 0 amide bonds. The second-order valence-electron chi connectivity index (χ2n) is 7.12. The van der Waals surface area contributed by atoms with Gasteiger partial charge in [-0.05, 0) is 35.0 Å². The van der Waals surface area contributed by atoms with Crippen LogP contribution in [0.1, 0.15) is 24.9 Å². The SMILES string of the molecule is CCC(C(=O)O)n1nnc(-c2nc(N3CCN(c4cccc(C(F)(F)F)c4)CC3)no2)n1. The minimum Gasteiger partial charge on any atom is -0.480 e. The van der Waals surface area contributed by atoms with E-state index < -0.39 is 23.8 Å². The standard InChI is InChI=1S/C18H19F3N8O3/c1-2-13(16(30)31)29-24-14(23-26-29)15-22-17(25-32-15)28-8-6-27(7-9-28)12-5-3-4-11(10-12)18(19,20)21/h3-5,10,13H,2,6-9H2,1H3,(H,30,31). The molecule has 2 aromatic heterocycles. The third kappa shape index (κ3) is 4.33. The molecular formula is C18H19F3N8O3. The van der Waals surface area contributed by atoms with E-state index in [-0.39, 0.29) is 24.1 Å². The highest BCUT2D eigenvalue weighted by atomic mass is 19.4. The van der Waals surface area contributed by atoms with Crippen molar-refractivity contribution in [2.45, 2.75) is 25.6 Å². The minimum absolute atomic E-state index is 0.00560. The maximum atomic E-state index is 13.0. The van der Waals surface area contributed by atoms with Crippen molar-refractivity contribution in [3.8, 4) is 11.7 Å². The number of benzene rings is 1. The number of alkyl halides is 3. The molecule has 0 radical (unpaired) electrons. The molecule has 1 saturated heterocycles. The summed E-state index contributed by atoms with van der Waals surface area (Å²) < 4.78 is 44.1. The number of aromatic nitrogens is 6. The third-order valence-electron chi connectivity index (χ3n) is 5.09. The molecule has 0 aliphatic carbocycles. The Balaban J connectivity index is 1.42. The van der Waals surface area contributed by atoms with Crippen molar-refractivity contribution in [3.05, 3.63) is 29.8 Å². The number of hydrogen-bond donors (Lipinski definition) is 1. The molecule has 3 aromatic rings. The number of piperazine rings is 1. The summed E-state index contributed by atoms with van der Waals surface area (Å²) in [6.45, 7) is 3.55. The molecule has 0 bridgehead atoms. The van der Waals surface area contributed by atoms with Crippen LogP contribution in [0.2, 0.25) is 0 Å². The van der Waals surface area contributed by atoms with Crippen LogP contribution in [0.5, 0.6) is 0 Å². The average molecular weight is 452 g/mol. The van der Waals surface area contributed by atoms with Crippen molar-refractivity contribution in [1.29, 1.82) is 0 Å². The number of carboxylic acid groups (broad SMARTS) is 1. The van der Waals surface area contributed by atoms with Gasteiger partial charge in [0.1, 0.15) is 0 Å². The smallest absolute Gasteiger partial charge is 0.416 e. The molecule has 0 spiro atoms. The van der Waals surface area contributed by atoms with Gasteiger partial charge in [0, 0.05) is 31.9 Å². The Kier molecular flexibility index (Phi) is 5.67. The molecule has 1 fully saturated rings. The first-order valence-corrected chi connectivity index (χ1v) is 9.80. The summed E-state index contributed by atoms with van der Waals surface area (Å²) in [5.74, 6) is -0.801. The van der Waals surface area contributed by atoms with E-state index in [0.29, 0.717) is 31.9 Å².